The molecule has 1 unspecified atom stereocenters. The van der Waals surface area contributed by atoms with Gasteiger partial charge in [0.05, 0.1) is 28.6 Å². The zero-order chi connectivity index (χ0) is 25.3. The standard InChI is InChI=1S/C27H34N6O4/c1-37-18-4-2-17(3-5-18)30-25(34)26(35)31-24-20-13-29-23-19(6-7-28-23)22(20)33(32-24)21-15-8-14-9-16(21)12-27(36,10-14)11-15/h6-7,13-18,21,36H,2-5,8-12H2,1H3,(H,28,29)(H,30,34)(H,31,32,35)/t14?,15-,16+,17-,18-,21+,27-. The molecule has 0 aliphatic heterocycles. The quantitative estimate of drug-likeness (QED) is 0.402. The fraction of sp³-hybridized carbons (Fsp3) is 0.630. The number of aromatic nitrogens is 4. The van der Waals surface area contributed by atoms with Gasteiger partial charge in [0, 0.05) is 30.9 Å². The van der Waals surface area contributed by atoms with Crippen LogP contribution in [0.25, 0.3) is 21.9 Å². The van der Waals surface area contributed by atoms with E-state index in [9.17, 15) is 14.7 Å². The molecule has 5 saturated carbocycles. The normalized spacial score (nSPS) is 34.8. The monoisotopic (exact) mass is 506 g/mol. The number of ether oxygens (including phenoxy) is 1. The molecule has 0 saturated heterocycles. The van der Waals surface area contributed by atoms with Crippen LogP contribution in [0, 0.1) is 17.8 Å². The number of anilines is 1. The maximum Gasteiger partial charge on any atom is 0.314 e. The van der Waals surface area contributed by atoms with Crippen LogP contribution in [0.4, 0.5) is 5.82 Å². The fourth-order valence-corrected chi connectivity index (χ4v) is 8.15. The van der Waals surface area contributed by atoms with Crippen LogP contribution in [0.1, 0.15) is 63.8 Å². The topological polar surface area (TPSA) is 134 Å². The number of aromatic amines is 1. The SMILES string of the molecule is CO[C@H]1CC[C@H](NC(=O)C(=O)Nc2nn([C@H]3[C@@H]4CC5C[C@H]3C[C@@](O)(C5)C4)c3c2cnc2[nH]ccc23)CC1. The number of rotatable bonds is 4. The predicted octanol–water partition coefficient (Wildman–Crippen LogP) is 3.04. The van der Waals surface area contributed by atoms with Crippen LogP contribution >= 0.6 is 0 Å². The van der Waals surface area contributed by atoms with Crippen LogP contribution < -0.4 is 10.6 Å². The number of fused-ring (bicyclic) bond motifs is 3. The van der Waals surface area contributed by atoms with E-state index in [4.69, 9.17) is 9.84 Å². The van der Waals surface area contributed by atoms with Gasteiger partial charge in [0.15, 0.2) is 5.82 Å². The lowest BCUT2D eigenvalue weighted by atomic mass is 9.52. The Morgan fingerprint density at radius 1 is 1.11 bits per heavy atom. The number of aliphatic hydroxyl groups is 1. The summed E-state index contributed by atoms with van der Waals surface area (Å²) < 4.78 is 7.48. The summed E-state index contributed by atoms with van der Waals surface area (Å²) in [7, 11) is 1.71. The van der Waals surface area contributed by atoms with Gasteiger partial charge < -0.3 is 25.5 Å². The van der Waals surface area contributed by atoms with Crippen LogP contribution in [-0.4, -0.2) is 61.5 Å². The van der Waals surface area contributed by atoms with Crippen molar-refractivity contribution in [2.45, 2.75) is 81.6 Å². The van der Waals surface area contributed by atoms with Crippen molar-refractivity contribution in [3.05, 3.63) is 18.5 Å². The molecule has 8 rings (SSSR count). The van der Waals surface area contributed by atoms with E-state index in [1.807, 2.05) is 12.3 Å². The summed E-state index contributed by atoms with van der Waals surface area (Å²) in [6.07, 6.45) is 11.8. The molecule has 4 N–H and O–H groups in total. The summed E-state index contributed by atoms with van der Waals surface area (Å²) >= 11 is 0. The number of methoxy groups -OCH3 is 1. The first-order valence-electron chi connectivity index (χ1n) is 13.6. The molecule has 3 heterocycles. The predicted molar refractivity (Wildman–Crippen MR) is 137 cm³/mol. The highest BCUT2D eigenvalue weighted by Crippen LogP contribution is 2.60. The van der Waals surface area contributed by atoms with Crippen LogP contribution in [0.15, 0.2) is 18.5 Å². The summed E-state index contributed by atoms with van der Waals surface area (Å²) in [4.78, 5) is 33.5. The largest absolute Gasteiger partial charge is 0.390 e. The first kappa shape index (κ1) is 23.2. The zero-order valence-corrected chi connectivity index (χ0v) is 21.1. The summed E-state index contributed by atoms with van der Waals surface area (Å²) in [6.45, 7) is 0. The molecule has 2 amide bonds. The summed E-state index contributed by atoms with van der Waals surface area (Å²) in [5.74, 6) is 0.272. The van der Waals surface area contributed by atoms with E-state index >= 15 is 0 Å². The Balaban J connectivity index is 1.19. The van der Waals surface area contributed by atoms with Gasteiger partial charge in [-0.25, -0.2) is 4.98 Å². The van der Waals surface area contributed by atoms with Gasteiger partial charge in [0.1, 0.15) is 5.65 Å². The number of nitrogens with one attached hydrogen (secondary N) is 3. The number of nitrogens with zero attached hydrogens (tertiary/aromatic N) is 3. The van der Waals surface area contributed by atoms with Crippen molar-refractivity contribution < 1.29 is 19.4 Å². The summed E-state index contributed by atoms with van der Waals surface area (Å²) in [5.41, 5.74) is 1.14. The Morgan fingerprint density at radius 3 is 2.57 bits per heavy atom. The average Bonchev–Trinajstić information content (AvgIpc) is 3.48. The molecule has 37 heavy (non-hydrogen) atoms. The lowest BCUT2D eigenvalue weighted by Gasteiger charge is -2.57. The molecule has 10 heteroatoms. The van der Waals surface area contributed by atoms with Crippen LogP contribution in [0.3, 0.4) is 0 Å². The summed E-state index contributed by atoms with van der Waals surface area (Å²) in [6, 6.07) is 2.11. The van der Waals surface area contributed by atoms with Crippen molar-refractivity contribution in [2.75, 3.05) is 12.4 Å². The molecule has 0 spiro atoms. The molecule has 0 radical (unpaired) electrons. The molecule has 4 bridgehead atoms. The Hall–Kier alpha value is -2.98. The number of carbonyl (C=O) groups is 2. The van der Waals surface area contributed by atoms with Crippen LogP contribution in [-0.2, 0) is 14.3 Å². The number of pyridine rings is 1. The van der Waals surface area contributed by atoms with E-state index in [2.05, 4.69) is 25.3 Å². The lowest BCUT2D eigenvalue weighted by Crippen LogP contribution is -2.55. The molecule has 5 aliphatic carbocycles. The maximum absolute atomic E-state index is 13.0. The van der Waals surface area contributed by atoms with E-state index in [0.717, 1.165) is 79.7 Å². The van der Waals surface area contributed by atoms with Crippen molar-refractivity contribution in [3.63, 3.8) is 0 Å². The highest BCUT2D eigenvalue weighted by Gasteiger charge is 2.56. The highest BCUT2D eigenvalue weighted by atomic mass is 16.5. The third-order valence-electron chi connectivity index (χ3n) is 9.50. The second kappa shape index (κ2) is 8.52. The molecule has 10 nitrogen and oxygen atoms in total. The average molecular weight is 507 g/mol. The van der Waals surface area contributed by atoms with Gasteiger partial charge in [-0.15, -0.1) is 0 Å². The molecule has 5 aliphatic rings. The number of amides is 2. The molecule has 0 aromatic carbocycles. The first-order chi connectivity index (χ1) is 17.9. The minimum Gasteiger partial charge on any atom is -0.390 e. The first-order valence-corrected chi connectivity index (χ1v) is 13.6. The molecular formula is C27H34N6O4. The van der Waals surface area contributed by atoms with E-state index in [1.165, 1.54) is 0 Å². The summed E-state index contributed by atoms with van der Waals surface area (Å²) in [5, 5.41) is 23.4. The number of carbonyl (C=O) groups excluding carboxylic acids is 2. The zero-order valence-electron chi connectivity index (χ0n) is 21.1. The second-order valence-electron chi connectivity index (χ2n) is 11.9. The Labute approximate surface area is 214 Å². The van der Waals surface area contributed by atoms with Gasteiger partial charge in [-0.2, -0.15) is 5.10 Å². The van der Waals surface area contributed by atoms with Gasteiger partial charge in [0.25, 0.3) is 0 Å². The minimum atomic E-state index is -0.714. The van der Waals surface area contributed by atoms with Crippen molar-refractivity contribution in [1.29, 1.82) is 0 Å². The fourth-order valence-electron chi connectivity index (χ4n) is 8.15. The molecule has 5 fully saturated rings. The van der Waals surface area contributed by atoms with Gasteiger partial charge in [0.2, 0.25) is 0 Å². The van der Waals surface area contributed by atoms with Gasteiger partial charge in [-0.1, -0.05) is 0 Å². The van der Waals surface area contributed by atoms with E-state index in [-0.39, 0.29) is 18.2 Å². The second-order valence-corrected chi connectivity index (χ2v) is 11.9. The third-order valence-corrected chi connectivity index (χ3v) is 9.50. The number of hydrogen-bond acceptors (Lipinski definition) is 6. The molecule has 196 valence electrons. The van der Waals surface area contributed by atoms with E-state index in [0.29, 0.717) is 23.6 Å². The molecular weight excluding hydrogens is 472 g/mol. The molecule has 5 atom stereocenters. The van der Waals surface area contributed by atoms with Crippen molar-refractivity contribution in [2.24, 2.45) is 17.8 Å². The van der Waals surface area contributed by atoms with Crippen LogP contribution in [0.5, 0.6) is 0 Å². The van der Waals surface area contributed by atoms with Gasteiger partial charge in [-0.3, -0.25) is 14.3 Å². The number of hydrogen-bond donors (Lipinski definition) is 4. The van der Waals surface area contributed by atoms with Crippen LogP contribution in [0.2, 0.25) is 0 Å². The minimum absolute atomic E-state index is 0.0287. The van der Waals surface area contributed by atoms with Crippen molar-refractivity contribution in [1.82, 2.24) is 25.1 Å². The highest BCUT2D eigenvalue weighted by molar-refractivity contribution is 6.40. The van der Waals surface area contributed by atoms with Gasteiger partial charge >= 0.3 is 11.8 Å². The third kappa shape index (κ3) is 3.84. The smallest absolute Gasteiger partial charge is 0.314 e. The molecule has 3 aromatic rings. The Bertz CT molecular complexity index is 1360. The van der Waals surface area contributed by atoms with Crippen molar-refractivity contribution in [3.8, 4) is 0 Å². The molecule has 3 aromatic heterocycles. The maximum atomic E-state index is 13.0. The van der Waals surface area contributed by atoms with E-state index in [1.54, 1.807) is 13.3 Å². The number of H-pyrrole nitrogens is 1. The Morgan fingerprint density at radius 2 is 1.86 bits per heavy atom. The van der Waals surface area contributed by atoms with E-state index < -0.39 is 17.4 Å². The van der Waals surface area contributed by atoms with Crippen molar-refractivity contribution >= 4 is 39.6 Å². The van der Waals surface area contributed by atoms with Gasteiger partial charge in [-0.05, 0) is 81.6 Å². The lowest BCUT2D eigenvalue weighted by molar-refractivity contribution is -0.148. The Kier molecular flexibility index (Phi) is 5.34.